The number of rotatable bonds is 4. The molecular weight excluding hydrogens is 487 g/mol. The van der Waals surface area contributed by atoms with Crippen LogP contribution < -0.4 is 20.5 Å². The Kier molecular flexibility index (Phi) is 6.57. The van der Waals surface area contributed by atoms with Crippen molar-refractivity contribution in [2.45, 2.75) is 6.42 Å². The first-order valence-corrected chi connectivity index (χ1v) is 9.05. The summed E-state index contributed by atoms with van der Waals surface area (Å²) in [5, 5.41) is 2.98. The van der Waals surface area contributed by atoms with Gasteiger partial charge in [0.05, 0.1) is 30.9 Å². The number of hydrogen-bond donors (Lipinski definition) is 2. The summed E-state index contributed by atoms with van der Waals surface area (Å²) < 4.78 is 11.2. The molecule has 0 aliphatic carbocycles. The number of nitrogens with one attached hydrogen (secondary N) is 1. The Bertz CT molecular complexity index is 928. The Labute approximate surface area is 185 Å². The van der Waals surface area contributed by atoms with Crippen molar-refractivity contribution in [2.75, 3.05) is 31.6 Å². The van der Waals surface area contributed by atoms with Crippen molar-refractivity contribution >= 4 is 47.4 Å². The van der Waals surface area contributed by atoms with Gasteiger partial charge in [-0.3, -0.25) is 19.5 Å². The van der Waals surface area contributed by atoms with Crippen molar-refractivity contribution in [3.63, 3.8) is 0 Å². The van der Waals surface area contributed by atoms with Crippen LogP contribution in [0.1, 0.15) is 27.1 Å². The Morgan fingerprint density at radius 3 is 2.38 bits per heavy atom. The predicted octanol–water partition coefficient (Wildman–Crippen LogP) is 2.49. The molecule has 0 bridgehead atoms. The molecule has 0 spiro atoms. The second kappa shape index (κ2) is 9.12. The number of benzene rings is 2. The number of nitrogens with two attached hydrogens (primary N) is 1. The lowest BCUT2D eigenvalue weighted by Gasteiger charge is -2.13. The third kappa shape index (κ3) is 4.44. The van der Waals surface area contributed by atoms with Gasteiger partial charge < -0.3 is 20.5 Å². The molecular formula is C20H21IN4O4. The van der Waals surface area contributed by atoms with E-state index in [2.05, 4.69) is 10.3 Å². The largest absolute Gasteiger partial charge is 0.490 e. The van der Waals surface area contributed by atoms with Gasteiger partial charge in [-0.2, -0.15) is 0 Å². The minimum atomic E-state index is -0.301. The molecule has 2 amide bonds. The molecule has 0 aromatic heterocycles. The lowest BCUT2D eigenvalue weighted by Crippen LogP contribution is -2.33. The van der Waals surface area contributed by atoms with Gasteiger partial charge in [0.15, 0.2) is 17.5 Å². The van der Waals surface area contributed by atoms with Gasteiger partial charge in [0.25, 0.3) is 11.8 Å². The number of carbonyl (C=O) groups is 2. The molecule has 0 fully saturated rings. The van der Waals surface area contributed by atoms with Crippen molar-refractivity contribution in [1.82, 2.24) is 4.90 Å². The van der Waals surface area contributed by atoms with Gasteiger partial charge in [-0.05, 0) is 24.3 Å². The predicted molar refractivity (Wildman–Crippen MR) is 119 cm³/mol. The first kappa shape index (κ1) is 20.9. The second-order valence-electron chi connectivity index (χ2n) is 6.41. The zero-order valence-electron chi connectivity index (χ0n) is 15.6. The summed E-state index contributed by atoms with van der Waals surface area (Å²) >= 11 is 0. The first-order valence-electron chi connectivity index (χ1n) is 9.05. The van der Waals surface area contributed by atoms with E-state index in [1.54, 1.807) is 30.3 Å². The molecule has 2 aliphatic heterocycles. The third-order valence-corrected chi connectivity index (χ3v) is 4.50. The van der Waals surface area contributed by atoms with Crippen LogP contribution in [0.5, 0.6) is 11.5 Å². The summed E-state index contributed by atoms with van der Waals surface area (Å²) in [6.07, 6.45) is 0.832. The Balaban J connectivity index is 0.00000240. The van der Waals surface area contributed by atoms with Crippen LogP contribution in [0, 0.1) is 0 Å². The minimum absolute atomic E-state index is 0. The number of nitrogens with zero attached hydrogens (tertiary/aromatic N) is 2. The normalized spacial score (nSPS) is 15.4. The number of anilines is 1. The van der Waals surface area contributed by atoms with Crippen LogP contribution >= 0.6 is 24.0 Å². The van der Waals surface area contributed by atoms with Gasteiger partial charge in [-0.25, -0.2) is 0 Å². The molecule has 0 radical (unpaired) electrons. The van der Waals surface area contributed by atoms with E-state index in [1.807, 2.05) is 12.1 Å². The first-order chi connectivity index (χ1) is 13.6. The topological polar surface area (TPSA) is 106 Å². The molecule has 8 nitrogen and oxygen atoms in total. The van der Waals surface area contributed by atoms with Gasteiger partial charge in [0, 0.05) is 24.7 Å². The fourth-order valence-electron chi connectivity index (χ4n) is 3.14. The van der Waals surface area contributed by atoms with Crippen molar-refractivity contribution in [3.8, 4) is 11.5 Å². The smallest absolute Gasteiger partial charge is 0.261 e. The number of amides is 2. The summed E-state index contributed by atoms with van der Waals surface area (Å²) in [6.45, 7) is 1.59. The summed E-state index contributed by atoms with van der Waals surface area (Å²) in [5.74, 6) is 0.937. The van der Waals surface area contributed by atoms with Gasteiger partial charge >= 0.3 is 0 Å². The highest BCUT2D eigenvalue weighted by atomic mass is 127. The van der Waals surface area contributed by atoms with Gasteiger partial charge in [0.1, 0.15) is 0 Å². The average molecular weight is 508 g/mol. The van der Waals surface area contributed by atoms with Crippen molar-refractivity contribution < 1.29 is 19.1 Å². The van der Waals surface area contributed by atoms with E-state index in [4.69, 9.17) is 15.2 Å². The number of fused-ring (bicyclic) bond motifs is 2. The summed E-state index contributed by atoms with van der Waals surface area (Å²) in [5.41, 5.74) is 7.49. The van der Waals surface area contributed by atoms with E-state index in [1.165, 1.54) is 4.90 Å². The molecule has 3 N–H and O–H groups in total. The monoisotopic (exact) mass is 508 g/mol. The fourth-order valence-corrected chi connectivity index (χ4v) is 3.14. The molecule has 9 heteroatoms. The molecule has 0 saturated heterocycles. The molecule has 29 heavy (non-hydrogen) atoms. The van der Waals surface area contributed by atoms with Crippen LogP contribution in [-0.2, 0) is 0 Å². The molecule has 0 unspecified atom stereocenters. The van der Waals surface area contributed by atoms with E-state index in [0.29, 0.717) is 41.5 Å². The number of imide groups is 1. The Morgan fingerprint density at radius 1 is 1.03 bits per heavy atom. The highest BCUT2D eigenvalue weighted by Crippen LogP contribution is 2.32. The molecule has 0 saturated carbocycles. The van der Waals surface area contributed by atoms with Crippen LogP contribution in [-0.4, -0.2) is 49.0 Å². The van der Waals surface area contributed by atoms with Crippen LogP contribution in [0.15, 0.2) is 47.5 Å². The number of guanidine groups is 1. The van der Waals surface area contributed by atoms with E-state index >= 15 is 0 Å². The highest BCUT2D eigenvalue weighted by Gasteiger charge is 2.34. The van der Waals surface area contributed by atoms with Gasteiger partial charge in [-0.15, -0.1) is 24.0 Å². The van der Waals surface area contributed by atoms with E-state index in [-0.39, 0.29) is 54.8 Å². The van der Waals surface area contributed by atoms with E-state index in [0.717, 1.165) is 6.42 Å². The van der Waals surface area contributed by atoms with Crippen LogP contribution in [0.25, 0.3) is 0 Å². The highest BCUT2D eigenvalue weighted by molar-refractivity contribution is 14.0. The maximum absolute atomic E-state index is 12.3. The zero-order valence-corrected chi connectivity index (χ0v) is 17.9. The third-order valence-electron chi connectivity index (χ3n) is 4.50. The minimum Gasteiger partial charge on any atom is -0.490 e. The van der Waals surface area contributed by atoms with Crippen molar-refractivity contribution in [1.29, 1.82) is 0 Å². The number of hydrogen-bond acceptors (Lipinski definition) is 5. The van der Waals surface area contributed by atoms with Crippen molar-refractivity contribution in [3.05, 3.63) is 53.6 Å². The molecule has 2 aromatic carbocycles. The standard InChI is InChI=1S/C20H20N4O4.HI/c21-20(23-13-6-7-16-17(12-13)28-11-3-10-27-16)22-8-9-24-18(25)14-4-1-2-5-15(14)19(24)26;/h1-2,4-7,12H,3,8-11H2,(H3,21,22,23);1H. The number of halogens is 1. The SMILES string of the molecule is I.NC(=NCCN1C(=O)c2ccccc2C1=O)Nc1ccc2c(c1)OCCCO2. The second-order valence-corrected chi connectivity index (χ2v) is 6.41. The van der Waals surface area contributed by atoms with Gasteiger partial charge in [0.2, 0.25) is 0 Å². The zero-order chi connectivity index (χ0) is 19.5. The van der Waals surface area contributed by atoms with Crippen LogP contribution in [0.2, 0.25) is 0 Å². The molecule has 0 atom stereocenters. The number of aliphatic imine (C=N–C) groups is 1. The fraction of sp³-hybridized carbons (Fsp3) is 0.250. The van der Waals surface area contributed by atoms with E-state index < -0.39 is 0 Å². The molecule has 152 valence electrons. The maximum Gasteiger partial charge on any atom is 0.261 e. The molecule has 2 heterocycles. The number of carbonyl (C=O) groups excluding carboxylic acids is 2. The summed E-state index contributed by atoms with van der Waals surface area (Å²) in [4.78, 5) is 30.0. The van der Waals surface area contributed by atoms with E-state index in [9.17, 15) is 9.59 Å². The Morgan fingerprint density at radius 2 is 1.69 bits per heavy atom. The quantitative estimate of drug-likeness (QED) is 0.285. The molecule has 2 aromatic rings. The molecule has 4 rings (SSSR count). The lowest BCUT2D eigenvalue weighted by molar-refractivity contribution is 0.0659. The number of ether oxygens (including phenoxy) is 2. The molecule has 2 aliphatic rings. The van der Waals surface area contributed by atoms with Crippen molar-refractivity contribution in [2.24, 2.45) is 10.7 Å². The maximum atomic E-state index is 12.3. The lowest BCUT2D eigenvalue weighted by atomic mass is 10.1. The Hall–Kier alpha value is -2.82. The average Bonchev–Trinajstić information content (AvgIpc) is 2.86. The van der Waals surface area contributed by atoms with Crippen LogP contribution in [0.3, 0.4) is 0 Å². The summed E-state index contributed by atoms with van der Waals surface area (Å²) in [7, 11) is 0. The van der Waals surface area contributed by atoms with Gasteiger partial charge in [-0.1, -0.05) is 12.1 Å². The van der Waals surface area contributed by atoms with Crippen LogP contribution in [0.4, 0.5) is 5.69 Å². The summed E-state index contributed by atoms with van der Waals surface area (Å²) in [6, 6.07) is 12.2.